The summed E-state index contributed by atoms with van der Waals surface area (Å²) >= 11 is 1.54. The highest BCUT2D eigenvalue weighted by atomic mass is 32.1. The summed E-state index contributed by atoms with van der Waals surface area (Å²) in [5, 5.41) is 9.63. The van der Waals surface area contributed by atoms with Gasteiger partial charge in [-0.1, -0.05) is 6.07 Å². The Morgan fingerprint density at radius 2 is 2.29 bits per heavy atom. The molecule has 0 spiro atoms. The van der Waals surface area contributed by atoms with E-state index in [9.17, 15) is 4.39 Å². The number of benzene rings is 1. The highest BCUT2D eigenvalue weighted by Crippen LogP contribution is 2.30. The maximum absolute atomic E-state index is 13.4. The molecule has 0 unspecified atom stereocenters. The third kappa shape index (κ3) is 1.38. The molecular formula is C11H8FNS. The minimum Gasteiger partial charge on any atom is -0.207 e. The zero-order valence-corrected chi connectivity index (χ0v) is 8.49. The molecular weight excluding hydrogens is 197 g/mol. The quantitative estimate of drug-likeness (QED) is 0.699. The molecule has 2 aromatic rings. The van der Waals surface area contributed by atoms with Crippen molar-refractivity contribution in [3.63, 3.8) is 0 Å². The van der Waals surface area contributed by atoms with Crippen LogP contribution in [0.25, 0.3) is 10.1 Å². The van der Waals surface area contributed by atoms with Crippen molar-refractivity contribution in [1.29, 1.82) is 5.26 Å². The maximum Gasteiger partial charge on any atom is 0.128 e. The molecule has 0 amide bonds. The minimum absolute atomic E-state index is 0.142. The summed E-state index contributed by atoms with van der Waals surface area (Å²) in [7, 11) is 0. The molecule has 70 valence electrons. The van der Waals surface area contributed by atoms with Crippen LogP contribution in [0, 0.1) is 24.1 Å². The van der Waals surface area contributed by atoms with Crippen molar-refractivity contribution < 1.29 is 4.39 Å². The summed E-state index contributed by atoms with van der Waals surface area (Å²) in [5.41, 5.74) is 0.531. The lowest BCUT2D eigenvalue weighted by Gasteiger charge is -1.98. The Morgan fingerprint density at radius 3 is 3.00 bits per heavy atom. The van der Waals surface area contributed by atoms with E-state index < -0.39 is 0 Å². The van der Waals surface area contributed by atoms with Gasteiger partial charge in [-0.05, 0) is 24.4 Å². The van der Waals surface area contributed by atoms with Crippen LogP contribution in [0.5, 0.6) is 0 Å². The summed E-state index contributed by atoms with van der Waals surface area (Å²) in [6.07, 6.45) is 0.142. The van der Waals surface area contributed by atoms with E-state index in [1.165, 1.54) is 6.07 Å². The van der Waals surface area contributed by atoms with Crippen molar-refractivity contribution in [1.82, 2.24) is 0 Å². The lowest BCUT2D eigenvalue weighted by atomic mass is 10.1. The first kappa shape index (κ1) is 9.17. The molecule has 1 aromatic carbocycles. The molecule has 0 radical (unpaired) electrons. The maximum atomic E-state index is 13.4. The van der Waals surface area contributed by atoms with Gasteiger partial charge in [-0.3, -0.25) is 0 Å². The molecule has 1 aromatic heterocycles. The number of halogens is 1. The number of fused-ring (bicyclic) bond motifs is 1. The Hall–Kier alpha value is -1.40. The van der Waals surface area contributed by atoms with Gasteiger partial charge in [0.2, 0.25) is 0 Å². The van der Waals surface area contributed by atoms with E-state index in [0.29, 0.717) is 5.56 Å². The summed E-state index contributed by atoms with van der Waals surface area (Å²) in [6, 6.07) is 7.20. The average Bonchev–Trinajstić information content (AvgIpc) is 2.51. The Bertz CT molecular complexity index is 522. The number of aryl methyl sites for hydroxylation is 1. The highest BCUT2D eigenvalue weighted by molar-refractivity contribution is 7.19. The predicted octanol–water partition coefficient (Wildman–Crippen LogP) is 3.41. The van der Waals surface area contributed by atoms with Crippen LogP contribution in [0.4, 0.5) is 4.39 Å². The lowest BCUT2D eigenvalue weighted by Crippen LogP contribution is -1.87. The summed E-state index contributed by atoms with van der Waals surface area (Å²) < 4.78 is 14.3. The van der Waals surface area contributed by atoms with Gasteiger partial charge in [-0.25, -0.2) is 4.39 Å². The van der Waals surface area contributed by atoms with E-state index in [0.717, 1.165) is 15.0 Å². The van der Waals surface area contributed by atoms with Crippen LogP contribution in [0.1, 0.15) is 10.4 Å². The second kappa shape index (κ2) is 3.39. The number of thiophene rings is 1. The largest absolute Gasteiger partial charge is 0.207 e. The minimum atomic E-state index is -0.277. The monoisotopic (exact) mass is 205 g/mol. The van der Waals surface area contributed by atoms with Crippen LogP contribution < -0.4 is 0 Å². The fraction of sp³-hybridized carbons (Fsp3) is 0.182. The third-order valence-electron chi connectivity index (χ3n) is 2.11. The topological polar surface area (TPSA) is 23.8 Å². The first-order chi connectivity index (χ1) is 6.72. The van der Waals surface area contributed by atoms with Gasteiger partial charge >= 0.3 is 0 Å². The molecule has 0 aliphatic rings. The van der Waals surface area contributed by atoms with E-state index in [1.54, 1.807) is 17.4 Å². The number of nitrogens with zero attached hydrogens (tertiary/aromatic N) is 1. The lowest BCUT2D eigenvalue weighted by molar-refractivity contribution is 0.618. The van der Waals surface area contributed by atoms with Gasteiger partial charge in [0.15, 0.2) is 0 Å². The molecule has 2 rings (SSSR count). The zero-order valence-electron chi connectivity index (χ0n) is 7.67. The molecule has 0 atom stereocenters. The van der Waals surface area contributed by atoms with Crippen LogP contribution in [-0.2, 0) is 6.42 Å². The number of hydrogen-bond donors (Lipinski definition) is 0. The van der Waals surface area contributed by atoms with E-state index in [4.69, 9.17) is 5.26 Å². The Morgan fingerprint density at radius 1 is 1.50 bits per heavy atom. The van der Waals surface area contributed by atoms with Crippen LogP contribution in [0.3, 0.4) is 0 Å². The van der Waals surface area contributed by atoms with Crippen LogP contribution in [0.2, 0.25) is 0 Å². The molecule has 0 aliphatic carbocycles. The molecule has 0 bridgehead atoms. The van der Waals surface area contributed by atoms with E-state index in [2.05, 4.69) is 0 Å². The van der Waals surface area contributed by atoms with Gasteiger partial charge in [0.05, 0.1) is 12.5 Å². The van der Waals surface area contributed by atoms with Crippen molar-refractivity contribution in [3.05, 3.63) is 34.5 Å². The first-order valence-corrected chi connectivity index (χ1v) is 5.08. The van der Waals surface area contributed by atoms with Crippen molar-refractivity contribution >= 4 is 21.4 Å². The zero-order chi connectivity index (χ0) is 10.1. The smallest absolute Gasteiger partial charge is 0.128 e. The van der Waals surface area contributed by atoms with E-state index in [1.807, 2.05) is 19.1 Å². The first-order valence-electron chi connectivity index (χ1n) is 4.27. The molecule has 14 heavy (non-hydrogen) atoms. The highest BCUT2D eigenvalue weighted by Gasteiger charge is 2.09. The van der Waals surface area contributed by atoms with Crippen LogP contribution in [0.15, 0.2) is 18.2 Å². The predicted molar refractivity (Wildman–Crippen MR) is 55.8 cm³/mol. The number of nitriles is 1. The second-order valence-electron chi connectivity index (χ2n) is 3.14. The molecule has 0 aliphatic heterocycles. The van der Waals surface area contributed by atoms with Crippen molar-refractivity contribution in [2.24, 2.45) is 0 Å². The third-order valence-corrected chi connectivity index (χ3v) is 3.24. The fourth-order valence-electron chi connectivity index (χ4n) is 1.51. The summed E-state index contributed by atoms with van der Waals surface area (Å²) in [4.78, 5) is 1.14. The van der Waals surface area contributed by atoms with Gasteiger partial charge in [-0.15, -0.1) is 11.3 Å². The van der Waals surface area contributed by atoms with E-state index in [-0.39, 0.29) is 12.2 Å². The van der Waals surface area contributed by atoms with Gasteiger partial charge in [-0.2, -0.15) is 5.26 Å². The molecule has 0 saturated heterocycles. The van der Waals surface area contributed by atoms with Gasteiger partial charge in [0.25, 0.3) is 0 Å². The van der Waals surface area contributed by atoms with E-state index >= 15 is 0 Å². The van der Waals surface area contributed by atoms with Crippen molar-refractivity contribution in [2.45, 2.75) is 13.3 Å². The fourth-order valence-corrected chi connectivity index (χ4v) is 2.55. The molecule has 0 N–H and O–H groups in total. The normalized spacial score (nSPS) is 10.4. The number of hydrogen-bond acceptors (Lipinski definition) is 2. The second-order valence-corrected chi connectivity index (χ2v) is 4.39. The Labute approximate surface area is 85.4 Å². The van der Waals surface area contributed by atoms with Crippen molar-refractivity contribution in [3.8, 4) is 6.07 Å². The number of rotatable bonds is 1. The molecule has 1 nitrogen and oxygen atoms in total. The van der Waals surface area contributed by atoms with Crippen LogP contribution in [-0.4, -0.2) is 0 Å². The Balaban J connectivity index is 2.76. The standard InChI is InChI=1S/C11H8FNS/c1-7-6-8-2-3-10(12)9(4-5-13)11(8)14-7/h2-3,6H,4H2,1H3. The van der Waals surface area contributed by atoms with Gasteiger partial charge < -0.3 is 0 Å². The summed E-state index contributed by atoms with van der Waals surface area (Å²) in [5.74, 6) is -0.277. The van der Waals surface area contributed by atoms with Gasteiger partial charge in [0, 0.05) is 15.1 Å². The SMILES string of the molecule is Cc1cc2ccc(F)c(CC#N)c2s1. The Kier molecular flexibility index (Phi) is 2.22. The van der Waals surface area contributed by atoms with Crippen molar-refractivity contribution in [2.75, 3.05) is 0 Å². The average molecular weight is 205 g/mol. The summed E-state index contributed by atoms with van der Waals surface area (Å²) in [6.45, 7) is 1.98. The molecule has 1 heterocycles. The molecule has 0 fully saturated rings. The molecule has 0 saturated carbocycles. The van der Waals surface area contributed by atoms with Crippen LogP contribution >= 0.6 is 11.3 Å². The van der Waals surface area contributed by atoms with Gasteiger partial charge in [0.1, 0.15) is 5.82 Å². The molecule has 3 heteroatoms.